The van der Waals surface area contributed by atoms with Gasteiger partial charge in [-0.3, -0.25) is 0 Å². The fourth-order valence-corrected chi connectivity index (χ4v) is 2.72. The lowest BCUT2D eigenvalue weighted by Crippen LogP contribution is -2.07. The van der Waals surface area contributed by atoms with Crippen LogP contribution in [0.3, 0.4) is 0 Å². The maximum Gasteiger partial charge on any atom is 0.336 e. The van der Waals surface area contributed by atoms with Crippen molar-refractivity contribution in [3.63, 3.8) is 0 Å². The molecule has 0 heterocycles. The summed E-state index contributed by atoms with van der Waals surface area (Å²) in [6, 6.07) is 10.6. The van der Waals surface area contributed by atoms with Crippen molar-refractivity contribution in [3.8, 4) is 5.75 Å². The van der Waals surface area contributed by atoms with Gasteiger partial charge in [0.1, 0.15) is 12.4 Å². The van der Waals surface area contributed by atoms with E-state index in [9.17, 15) is 9.90 Å². The molecular weight excluding hydrogens is 340 g/mol. The summed E-state index contributed by atoms with van der Waals surface area (Å²) >= 11 is 7.63. The predicted molar refractivity (Wildman–Crippen MR) is 83.9 cm³/mol. The number of thiol groups is 1. The number of rotatable bonds is 4. The van der Waals surface area contributed by atoms with Gasteiger partial charge in [0.25, 0.3) is 0 Å². The van der Waals surface area contributed by atoms with E-state index in [0.29, 0.717) is 11.3 Å². The molecule has 1 N–H and O–H groups in total. The van der Waals surface area contributed by atoms with Crippen molar-refractivity contribution in [2.45, 2.75) is 18.4 Å². The minimum atomic E-state index is -0.947. The number of benzene rings is 2. The zero-order valence-electron chi connectivity index (χ0n) is 10.8. The fraction of sp³-hybridized carbons (Fsp3) is 0.133. The van der Waals surface area contributed by atoms with Crippen LogP contribution in [-0.4, -0.2) is 11.1 Å². The highest BCUT2D eigenvalue weighted by Crippen LogP contribution is 2.28. The number of aromatic carboxylic acids is 1. The predicted octanol–water partition coefficient (Wildman–Crippen LogP) is 4.32. The summed E-state index contributed by atoms with van der Waals surface area (Å²) in [4.78, 5) is 12.0. The lowest BCUT2D eigenvalue weighted by atomic mass is 10.0. The number of halogens is 1. The summed E-state index contributed by atoms with van der Waals surface area (Å²) in [5.74, 6) is -0.292. The Morgan fingerprint density at radius 2 is 2.10 bits per heavy atom. The lowest BCUT2D eigenvalue weighted by molar-refractivity contribution is 0.0693. The third-order valence-electron chi connectivity index (χ3n) is 2.93. The van der Waals surface area contributed by atoms with E-state index in [2.05, 4.69) is 28.6 Å². The van der Waals surface area contributed by atoms with E-state index in [0.717, 1.165) is 14.9 Å². The Hall–Kier alpha value is -1.46. The Morgan fingerprint density at radius 3 is 2.75 bits per heavy atom. The van der Waals surface area contributed by atoms with Crippen LogP contribution in [0.2, 0.25) is 0 Å². The van der Waals surface area contributed by atoms with E-state index < -0.39 is 5.97 Å². The third-order valence-corrected chi connectivity index (χ3v) is 3.83. The van der Waals surface area contributed by atoms with E-state index in [1.54, 1.807) is 18.2 Å². The molecule has 0 atom stereocenters. The highest BCUT2D eigenvalue weighted by Gasteiger charge is 2.13. The second-order valence-electron chi connectivity index (χ2n) is 4.31. The Balaban J connectivity index is 2.25. The smallest absolute Gasteiger partial charge is 0.336 e. The molecule has 0 unspecified atom stereocenters. The standard InChI is InChI=1S/C15H13BrO3S/c1-9-3-2-4-11(15(17)18)12(9)8-19-14-6-5-10(20)7-13(14)16/h2-7,20H,8H2,1H3,(H,17,18). The number of carboxylic acid groups (broad SMARTS) is 1. The molecule has 20 heavy (non-hydrogen) atoms. The number of hydrogen-bond donors (Lipinski definition) is 2. The first kappa shape index (κ1) is 14.9. The Morgan fingerprint density at radius 1 is 1.35 bits per heavy atom. The molecule has 0 aliphatic rings. The molecule has 0 fully saturated rings. The maximum absolute atomic E-state index is 11.2. The SMILES string of the molecule is Cc1cccc(C(=O)O)c1COc1ccc(S)cc1Br. The van der Waals surface area contributed by atoms with Crippen LogP contribution in [0.4, 0.5) is 0 Å². The Kier molecular flexibility index (Phi) is 4.73. The zero-order chi connectivity index (χ0) is 14.7. The first-order chi connectivity index (χ1) is 9.49. The van der Waals surface area contributed by atoms with Crippen LogP contribution in [0.15, 0.2) is 45.8 Å². The van der Waals surface area contributed by atoms with Crippen LogP contribution in [0, 0.1) is 6.92 Å². The van der Waals surface area contributed by atoms with Crippen molar-refractivity contribution in [1.82, 2.24) is 0 Å². The molecule has 0 saturated carbocycles. The Bertz CT molecular complexity index is 656. The minimum absolute atomic E-state index is 0.207. The van der Waals surface area contributed by atoms with Gasteiger partial charge in [0.05, 0.1) is 10.0 Å². The molecule has 2 aromatic rings. The molecule has 0 aliphatic heterocycles. The number of carboxylic acids is 1. The van der Waals surface area contributed by atoms with Gasteiger partial charge in [-0.1, -0.05) is 12.1 Å². The third kappa shape index (κ3) is 3.35. The molecule has 104 valence electrons. The maximum atomic E-state index is 11.2. The Labute approximate surface area is 131 Å². The van der Waals surface area contributed by atoms with Crippen LogP contribution in [0.1, 0.15) is 21.5 Å². The second-order valence-corrected chi connectivity index (χ2v) is 5.68. The summed E-state index contributed by atoms with van der Waals surface area (Å²) in [7, 11) is 0. The van der Waals surface area contributed by atoms with E-state index >= 15 is 0 Å². The molecule has 2 aromatic carbocycles. The molecule has 0 spiro atoms. The van der Waals surface area contributed by atoms with Crippen molar-refractivity contribution in [2.75, 3.05) is 0 Å². The number of aryl methyl sites for hydroxylation is 1. The monoisotopic (exact) mass is 352 g/mol. The molecule has 5 heteroatoms. The topological polar surface area (TPSA) is 46.5 Å². The first-order valence-electron chi connectivity index (χ1n) is 5.92. The van der Waals surface area contributed by atoms with Gasteiger partial charge in [-0.25, -0.2) is 4.79 Å². The summed E-state index contributed by atoms with van der Waals surface area (Å²) in [5.41, 5.74) is 1.85. The van der Waals surface area contributed by atoms with Gasteiger partial charge >= 0.3 is 5.97 Å². The minimum Gasteiger partial charge on any atom is -0.488 e. The van der Waals surface area contributed by atoms with Crippen molar-refractivity contribution < 1.29 is 14.6 Å². The molecule has 2 rings (SSSR count). The summed E-state index contributed by atoms with van der Waals surface area (Å²) in [6.45, 7) is 2.08. The summed E-state index contributed by atoms with van der Waals surface area (Å²) < 4.78 is 6.49. The van der Waals surface area contributed by atoms with Gasteiger partial charge in [-0.05, 0) is 52.7 Å². The van der Waals surface area contributed by atoms with E-state index in [-0.39, 0.29) is 12.2 Å². The summed E-state index contributed by atoms with van der Waals surface area (Å²) in [6.07, 6.45) is 0. The lowest BCUT2D eigenvalue weighted by Gasteiger charge is -2.12. The highest BCUT2D eigenvalue weighted by atomic mass is 79.9. The molecule has 0 aliphatic carbocycles. The molecule has 0 aromatic heterocycles. The summed E-state index contributed by atoms with van der Waals surface area (Å²) in [5, 5.41) is 9.20. The van der Waals surface area contributed by atoms with E-state index in [1.807, 2.05) is 25.1 Å². The van der Waals surface area contributed by atoms with Crippen LogP contribution in [0.25, 0.3) is 0 Å². The number of carbonyl (C=O) groups is 1. The first-order valence-corrected chi connectivity index (χ1v) is 7.16. The quantitative estimate of drug-likeness (QED) is 0.805. The molecule has 0 amide bonds. The van der Waals surface area contributed by atoms with Gasteiger partial charge in [0.15, 0.2) is 0 Å². The largest absolute Gasteiger partial charge is 0.488 e. The van der Waals surface area contributed by atoms with Crippen molar-refractivity contribution in [2.24, 2.45) is 0 Å². The normalized spacial score (nSPS) is 10.3. The fourth-order valence-electron chi connectivity index (χ4n) is 1.85. The average Bonchev–Trinajstić information content (AvgIpc) is 2.38. The highest BCUT2D eigenvalue weighted by molar-refractivity contribution is 9.10. The molecule has 0 bridgehead atoms. The molecule has 0 saturated heterocycles. The van der Waals surface area contributed by atoms with Gasteiger partial charge in [0, 0.05) is 10.5 Å². The average molecular weight is 353 g/mol. The van der Waals surface area contributed by atoms with Crippen LogP contribution in [0.5, 0.6) is 5.75 Å². The van der Waals surface area contributed by atoms with Gasteiger partial charge in [-0.2, -0.15) is 0 Å². The molecule has 3 nitrogen and oxygen atoms in total. The van der Waals surface area contributed by atoms with E-state index in [4.69, 9.17) is 4.74 Å². The van der Waals surface area contributed by atoms with Crippen LogP contribution >= 0.6 is 28.6 Å². The van der Waals surface area contributed by atoms with Crippen molar-refractivity contribution in [1.29, 1.82) is 0 Å². The van der Waals surface area contributed by atoms with Crippen LogP contribution in [-0.2, 0) is 6.61 Å². The van der Waals surface area contributed by atoms with Crippen molar-refractivity contribution in [3.05, 3.63) is 57.6 Å². The van der Waals surface area contributed by atoms with Gasteiger partial charge in [-0.15, -0.1) is 12.6 Å². The number of ether oxygens (including phenoxy) is 1. The van der Waals surface area contributed by atoms with Crippen LogP contribution < -0.4 is 4.74 Å². The zero-order valence-corrected chi connectivity index (χ0v) is 13.2. The van der Waals surface area contributed by atoms with Gasteiger partial charge < -0.3 is 9.84 Å². The second kappa shape index (κ2) is 6.33. The number of hydrogen-bond acceptors (Lipinski definition) is 3. The molecule has 0 radical (unpaired) electrons. The van der Waals surface area contributed by atoms with E-state index in [1.165, 1.54) is 0 Å². The van der Waals surface area contributed by atoms with Gasteiger partial charge in [0.2, 0.25) is 0 Å². The van der Waals surface area contributed by atoms with Crippen molar-refractivity contribution >= 4 is 34.5 Å². The molecular formula is C15H13BrO3S.